The highest BCUT2D eigenvalue weighted by Gasteiger charge is 2.17. The van der Waals surface area contributed by atoms with Gasteiger partial charge in [-0.1, -0.05) is 24.3 Å². The van der Waals surface area contributed by atoms with Crippen LogP contribution in [-0.2, 0) is 24.5 Å². The van der Waals surface area contributed by atoms with Gasteiger partial charge in [0, 0.05) is 24.8 Å². The van der Waals surface area contributed by atoms with Gasteiger partial charge in [-0.2, -0.15) is 0 Å². The Morgan fingerprint density at radius 1 is 1.19 bits per heavy atom. The number of fused-ring (bicyclic) bond motifs is 1. The van der Waals surface area contributed by atoms with E-state index in [1.807, 2.05) is 42.5 Å². The summed E-state index contributed by atoms with van der Waals surface area (Å²) in [6.07, 6.45) is 0. The smallest absolute Gasteiger partial charge is 0.253 e. The van der Waals surface area contributed by atoms with E-state index in [4.69, 9.17) is 10.5 Å². The molecule has 2 N–H and O–H groups in total. The van der Waals surface area contributed by atoms with Crippen LogP contribution >= 0.6 is 0 Å². The molecule has 2 aromatic rings. The third kappa shape index (κ3) is 2.76. The molecule has 0 spiro atoms. The molecule has 21 heavy (non-hydrogen) atoms. The van der Waals surface area contributed by atoms with Crippen LogP contribution in [0.5, 0.6) is 0 Å². The van der Waals surface area contributed by atoms with Gasteiger partial charge < -0.3 is 15.4 Å². The molecule has 1 heterocycles. The van der Waals surface area contributed by atoms with Crippen LogP contribution in [0.2, 0.25) is 0 Å². The lowest BCUT2D eigenvalue weighted by atomic mass is 10.1. The van der Waals surface area contributed by atoms with Gasteiger partial charge in [-0.25, -0.2) is 0 Å². The van der Waals surface area contributed by atoms with Gasteiger partial charge in [0.05, 0.1) is 13.2 Å². The molecule has 0 radical (unpaired) electrons. The maximum atomic E-state index is 12.5. The summed E-state index contributed by atoms with van der Waals surface area (Å²) < 4.78 is 5.38. The van der Waals surface area contributed by atoms with Gasteiger partial charge in [-0.05, 0) is 34.9 Å². The summed E-state index contributed by atoms with van der Waals surface area (Å²) in [6, 6.07) is 13.4. The monoisotopic (exact) mass is 282 g/mol. The van der Waals surface area contributed by atoms with Crippen molar-refractivity contribution in [3.63, 3.8) is 0 Å². The van der Waals surface area contributed by atoms with Gasteiger partial charge >= 0.3 is 0 Å². The van der Waals surface area contributed by atoms with Crippen molar-refractivity contribution in [3.8, 4) is 0 Å². The van der Waals surface area contributed by atoms with E-state index in [1.165, 1.54) is 5.56 Å². The number of amides is 1. The molecule has 2 aromatic carbocycles. The number of rotatable bonds is 3. The first-order valence-corrected chi connectivity index (χ1v) is 6.93. The Morgan fingerprint density at radius 2 is 1.95 bits per heavy atom. The zero-order valence-corrected chi connectivity index (χ0v) is 12.0. The second-order valence-corrected chi connectivity index (χ2v) is 5.34. The first kappa shape index (κ1) is 13.6. The first-order valence-electron chi connectivity index (χ1n) is 6.93. The minimum absolute atomic E-state index is 0.00652. The van der Waals surface area contributed by atoms with Gasteiger partial charge in [0.2, 0.25) is 0 Å². The highest BCUT2D eigenvalue weighted by Crippen LogP contribution is 2.22. The van der Waals surface area contributed by atoms with Crippen LogP contribution in [0.25, 0.3) is 0 Å². The zero-order chi connectivity index (χ0) is 14.8. The molecule has 0 fully saturated rings. The third-order valence-corrected chi connectivity index (χ3v) is 3.78. The lowest BCUT2D eigenvalue weighted by Gasteiger charge is -2.18. The molecule has 0 bridgehead atoms. The van der Waals surface area contributed by atoms with E-state index in [0.29, 0.717) is 31.0 Å². The minimum atomic E-state index is -0.00652. The molecule has 1 amide bonds. The van der Waals surface area contributed by atoms with Crippen molar-refractivity contribution in [1.29, 1.82) is 0 Å². The molecular weight excluding hydrogens is 264 g/mol. The molecule has 1 aliphatic heterocycles. The molecule has 108 valence electrons. The van der Waals surface area contributed by atoms with E-state index in [1.54, 1.807) is 11.9 Å². The van der Waals surface area contributed by atoms with Crippen molar-refractivity contribution in [2.75, 3.05) is 12.8 Å². The number of carbonyl (C=O) groups is 1. The van der Waals surface area contributed by atoms with Gasteiger partial charge in [0.25, 0.3) is 5.91 Å². The van der Waals surface area contributed by atoms with Crippen molar-refractivity contribution < 1.29 is 9.53 Å². The fourth-order valence-electron chi connectivity index (χ4n) is 2.53. The Bertz CT molecular complexity index is 682. The van der Waals surface area contributed by atoms with Gasteiger partial charge in [0.1, 0.15) is 0 Å². The van der Waals surface area contributed by atoms with Crippen molar-refractivity contribution in [1.82, 2.24) is 4.90 Å². The predicted octanol–water partition coefficient (Wildman–Crippen LogP) is 2.57. The molecule has 0 aliphatic carbocycles. The molecule has 0 aromatic heterocycles. The molecule has 0 saturated carbocycles. The van der Waals surface area contributed by atoms with E-state index < -0.39 is 0 Å². The van der Waals surface area contributed by atoms with Crippen LogP contribution in [0.15, 0.2) is 42.5 Å². The van der Waals surface area contributed by atoms with Gasteiger partial charge in [-0.3, -0.25) is 4.79 Å². The number of ether oxygens (including phenoxy) is 1. The van der Waals surface area contributed by atoms with E-state index in [-0.39, 0.29) is 5.91 Å². The lowest BCUT2D eigenvalue weighted by molar-refractivity contribution is 0.0785. The summed E-state index contributed by atoms with van der Waals surface area (Å²) >= 11 is 0. The SMILES string of the molecule is CN(Cc1ccccc1N)C(=O)c1ccc2c(c1)COC2. The van der Waals surface area contributed by atoms with E-state index in [9.17, 15) is 4.79 Å². The Kier molecular flexibility index (Phi) is 3.62. The normalized spacial score (nSPS) is 13.0. The van der Waals surface area contributed by atoms with Crippen LogP contribution in [0.4, 0.5) is 5.69 Å². The van der Waals surface area contributed by atoms with Crippen molar-refractivity contribution in [2.45, 2.75) is 19.8 Å². The number of nitrogen functional groups attached to an aromatic ring is 1. The first-order chi connectivity index (χ1) is 10.1. The predicted molar refractivity (Wildman–Crippen MR) is 81.6 cm³/mol. The number of hydrogen-bond acceptors (Lipinski definition) is 3. The Labute approximate surface area is 124 Å². The second-order valence-electron chi connectivity index (χ2n) is 5.34. The number of carbonyl (C=O) groups excluding carboxylic acids is 1. The molecule has 4 nitrogen and oxygen atoms in total. The Morgan fingerprint density at radius 3 is 2.76 bits per heavy atom. The average Bonchev–Trinajstić information content (AvgIpc) is 2.96. The van der Waals surface area contributed by atoms with Crippen molar-refractivity contribution in [3.05, 3.63) is 64.7 Å². The number of nitrogens with zero attached hydrogens (tertiary/aromatic N) is 1. The number of para-hydroxylation sites is 1. The summed E-state index contributed by atoms with van der Waals surface area (Å²) in [5.41, 5.74) is 10.6. The van der Waals surface area contributed by atoms with Gasteiger partial charge in [0.15, 0.2) is 0 Å². The maximum Gasteiger partial charge on any atom is 0.253 e. The number of anilines is 1. The van der Waals surface area contributed by atoms with Crippen LogP contribution in [-0.4, -0.2) is 17.9 Å². The minimum Gasteiger partial charge on any atom is -0.398 e. The van der Waals surface area contributed by atoms with Crippen LogP contribution in [0.3, 0.4) is 0 Å². The van der Waals surface area contributed by atoms with Crippen molar-refractivity contribution >= 4 is 11.6 Å². The van der Waals surface area contributed by atoms with E-state index in [2.05, 4.69) is 0 Å². The van der Waals surface area contributed by atoms with Crippen LogP contribution in [0.1, 0.15) is 27.0 Å². The zero-order valence-electron chi connectivity index (χ0n) is 12.0. The standard InChI is InChI=1S/C17H18N2O2/c1-19(9-13-4-2-3-5-16(13)18)17(20)12-6-7-14-10-21-11-15(14)8-12/h2-8H,9-11,18H2,1H3. The topological polar surface area (TPSA) is 55.6 Å². The van der Waals surface area contributed by atoms with Crippen molar-refractivity contribution in [2.24, 2.45) is 0 Å². The Balaban J connectivity index is 1.77. The molecule has 1 aliphatic rings. The summed E-state index contributed by atoms with van der Waals surface area (Å²) in [7, 11) is 1.79. The largest absolute Gasteiger partial charge is 0.398 e. The molecular formula is C17H18N2O2. The quantitative estimate of drug-likeness (QED) is 0.880. The summed E-state index contributed by atoms with van der Waals surface area (Å²) in [5.74, 6) is -0.00652. The fraction of sp³-hybridized carbons (Fsp3) is 0.235. The van der Waals surface area contributed by atoms with Crippen LogP contribution < -0.4 is 5.73 Å². The number of nitrogens with two attached hydrogens (primary N) is 1. The number of hydrogen-bond donors (Lipinski definition) is 1. The Hall–Kier alpha value is -2.33. The molecule has 4 heteroatoms. The molecule has 3 rings (SSSR count). The summed E-state index contributed by atoms with van der Waals surface area (Å²) in [5, 5.41) is 0. The van der Waals surface area contributed by atoms with Gasteiger partial charge in [-0.15, -0.1) is 0 Å². The highest BCUT2D eigenvalue weighted by atomic mass is 16.5. The third-order valence-electron chi connectivity index (χ3n) is 3.78. The average molecular weight is 282 g/mol. The maximum absolute atomic E-state index is 12.5. The molecule has 0 saturated heterocycles. The molecule has 0 unspecified atom stereocenters. The van der Waals surface area contributed by atoms with E-state index in [0.717, 1.165) is 11.1 Å². The van der Waals surface area contributed by atoms with Crippen LogP contribution in [0, 0.1) is 0 Å². The highest BCUT2D eigenvalue weighted by molar-refractivity contribution is 5.94. The summed E-state index contributed by atoms with van der Waals surface area (Å²) in [4.78, 5) is 14.2. The fourth-order valence-corrected chi connectivity index (χ4v) is 2.53. The van der Waals surface area contributed by atoms with E-state index >= 15 is 0 Å². The lowest BCUT2D eigenvalue weighted by Crippen LogP contribution is -2.26. The number of benzene rings is 2. The summed E-state index contributed by atoms with van der Waals surface area (Å²) in [6.45, 7) is 1.73. The second kappa shape index (κ2) is 5.58. The molecule has 0 atom stereocenters.